The second-order valence-corrected chi connectivity index (χ2v) is 4.98. The highest BCUT2D eigenvalue weighted by atomic mass is 16.5. The van der Waals surface area contributed by atoms with Crippen LogP contribution in [0.3, 0.4) is 0 Å². The van der Waals surface area contributed by atoms with E-state index in [0.29, 0.717) is 25.2 Å². The van der Waals surface area contributed by atoms with Crippen LogP contribution in [0, 0.1) is 0 Å². The molecule has 0 aliphatic heterocycles. The average molecular weight is 303 g/mol. The number of H-pyrrole nitrogens is 1. The first-order valence-electron chi connectivity index (χ1n) is 7.28. The Morgan fingerprint density at radius 2 is 2.05 bits per heavy atom. The summed E-state index contributed by atoms with van der Waals surface area (Å²) in [5, 5.41) is 6.50. The number of rotatable bonds is 6. The lowest BCUT2D eigenvalue weighted by Crippen LogP contribution is -2.26. The lowest BCUT2D eigenvalue weighted by Gasteiger charge is -2.06. The van der Waals surface area contributed by atoms with Crippen LogP contribution in [0.1, 0.15) is 29.9 Å². The Bertz CT molecular complexity index is 691. The van der Waals surface area contributed by atoms with Crippen LogP contribution >= 0.6 is 0 Å². The summed E-state index contributed by atoms with van der Waals surface area (Å²) >= 11 is 0. The molecule has 6 heteroatoms. The number of aromatic nitrogens is 1. The molecule has 0 bridgehead atoms. The SMILES string of the molecule is CCNC(=O)c1[nH]c2ccc(OC)cc2c1CCNC(C)=O. The zero-order chi connectivity index (χ0) is 16.1. The average Bonchev–Trinajstić information content (AvgIpc) is 2.85. The fourth-order valence-electron chi connectivity index (χ4n) is 2.42. The van der Waals surface area contributed by atoms with Gasteiger partial charge in [0, 0.05) is 30.9 Å². The molecule has 0 saturated heterocycles. The van der Waals surface area contributed by atoms with Crippen LogP contribution < -0.4 is 15.4 Å². The van der Waals surface area contributed by atoms with E-state index in [4.69, 9.17) is 4.74 Å². The number of aromatic amines is 1. The molecule has 3 N–H and O–H groups in total. The zero-order valence-electron chi connectivity index (χ0n) is 13.1. The lowest BCUT2D eigenvalue weighted by molar-refractivity contribution is -0.118. The second-order valence-electron chi connectivity index (χ2n) is 4.98. The Morgan fingerprint density at radius 1 is 1.27 bits per heavy atom. The minimum atomic E-state index is -0.143. The quantitative estimate of drug-likeness (QED) is 0.758. The van der Waals surface area contributed by atoms with Crippen molar-refractivity contribution in [2.75, 3.05) is 20.2 Å². The monoisotopic (exact) mass is 303 g/mol. The van der Waals surface area contributed by atoms with Crippen molar-refractivity contribution in [2.45, 2.75) is 20.3 Å². The fourth-order valence-corrected chi connectivity index (χ4v) is 2.42. The van der Waals surface area contributed by atoms with Crippen molar-refractivity contribution in [1.29, 1.82) is 0 Å². The third-order valence-corrected chi connectivity index (χ3v) is 3.43. The Balaban J connectivity index is 2.42. The highest BCUT2D eigenvalue weighted by molar-refractivity contribution is 6.01. The maximum absolute atomic E-state index is 12.2. The summed E-state index contributed by atoms with van der Waals surface area (Å²) in [6, 6.07) is 5.63. The van der Waals surface area contributed by atoms with Gasteiger partial charge in [0.25, 0.3) is 5.91 Å². The summed E-state index contributed by atoms with van der Waals surface area (Å²) in [5.41, 5.74) is 2.30. The summed E-state index contributed by atoms with van der Waals surface area (Å²) in [6.07, 6.45) is 0.569. The molecule has 0 aliphatic rings. The van der Waals surface area contributed by atoms with Crippen LogP contribution in [0.2, 0.25) is 0 Å². The standard InChI is InChI=1S/C16H21N3O3/c1-4-17-16(21)15-12(7-8-18-10(2)20)13-9-11(22-3)5-6-14(13)19-15/h5-6,9,19H,4,7-8H2,1-3H3,(H,17,21)(H,18,20). The van der Waals surface area contributed by atoms with Crippen molar-refractivity contribution < 1.29 is 14.3 Å². The lowest BCUT2D eigenvalue weighted by atomic mass is 10.1. The summed E-state index contributed by atoms with van der Waals surface area (Å²) in [7, 11) is 1.61. The van der Waals surface area contributed by atoms with Crippen molar-refractivity contribution in [1.82, 2.24) is 15.6 Å². The molecule has 1 aromatic carbocycles. The van der Waals surface area contributed by atoms with Gasteiger partial charge in [-0.3, -0.25) is 9.59 Å². The van der Waals surface area contributed by atoms with Gasteiger partial charge >= 0.3 is 0 Å². The van der Waals surface area contributed by atoms with Gasteiger partial charge in [-0.2, -0.15) is 0 Å². The predicted octanol–water partition coefficient (Wildman–Crippen LogP) is 1.60. The van der Waals surface area contributed by atoms with Crippen molar-refractivity contribution in [3.05, 3.63) is 29.5 Å². The molecule has 0 unspecified atom stereocenters. The maximum atomic E-state index is 12.2. The molecule has 0 fully saturated rings. The van der Waals surface area contributed by atoms with Crippen LogP contribution in [0.25, 0.3) is 10.9 Å². The highest BCUT2D eigenvalue weighted by Crippen LogP contribution is 2.27. The second kappa shape index (κ2) is 6.98. The van der Waals surface area contributed by atoms with E-state index in [-0.39, 0.29) is 11.8 Å². The largest absolute Gasteiger partial charge is 0.497 e. The third-order valence-electron chi connectivity index (χ3n) is 3.43. The topological polar surface area (TPSA) is 83.2 Å². The van der Waals surface area contributed by atoms with Gasteiger partial charge in [-0.1, -0.05) is 0 Å². The number of hydrogen-bond acceptors (Lipinski definition) is 3. The molecular weight excluding hydrogens is 282 g/mol. The molecule has 0 spiro atoms. The normalized spacial score (nSPS) is 10.5. The molecule has 0 atom stereocenters. The predicted molar refractivity (Wildman–Crippen MR) is 85.2 cm³/mol. The van der Waals surface area contributed by atoms with Crippen LogP contribution in [-0.4, -0.2) is 37.0 Å². The molecule has 1 aromatic heterocycles. The number of methoxy groups -OCH3 is 1. The fraction of sp³-hybridized carbons (Fsp3) is 0.375. The van der Waals surface area contributed by atoms with Crippen LogP contribution in [0.15, 0.2) is 18.2 Å². The molecular formula is C16H21N3O3. The first kappa shape index (κ1) is 15.9. The van der Waals surface area contributed by atoms with E-state index in [9.17, 15) is 9.59 Å². The minimum absolute atomic E-state index is 0.0861. The van der Waals surface area contributed by atoms with E-state index in [0.717, 1.165) is 22.2 Å². The van der Waals surface area contributed by atoms with Crippen molar-refractivity contribution in [3.8, 4) is 5.75 Å². The van der Waals surface area contributed by atoms with E-state index < -0.39 is 0 Å². The number of carbonyl (C=O) groups excluding carboxylic acids is 2. The van der Waals surface area contributed by atoms with Gasteiger partial charge in [0.2, 0.25) is 5.91 Å². The maximum Gasteiger partial charge on any atom is 0.268 e. The smallest absolute Gasteiger partial charge is 0.268 e. The first-order chi connectivity index (χ1) is 10.6. The summed E-state index contributed by atoms with van der Waals surface area (Å²) in [6.45, 7) is 4.39. The van der Waals surface area contributed by atoms with Gasteiger partial charge in [-0.15, -0.1) is 0 Å². The first-order valence-corrected chi connectivity index (χ1v) is 7.28. The number of carbonyl (C=O) groups is 2. The number of ether oxygens (including phenoxy) is 1. The third kappa shape index (κ3) is 3.39. The molecule has 2 amide bonds. The molecule has 22 heavy (non-hydrogen) atoms. The van der Waals surface area contributed by atoms with E-state index in [1.165, 1.54) is 6.92 Å². The number of nitrogens with one attached hydrogen (secondary N) is 3. The van der Waals surface area contributed by atoms with Crippen LogP contribution in [-0.2, 0) is 11.2 Å². The Morgan fingerprint density at radius 3 is 2.68 bits per heavy atom. The van der Waals surface area contributed by atoms with Crippen molar-refractivity contribution in [2.24, 2.45) is 0 Å². The van der Waals surface area contributed by atoms with Gasteiger partial charge in [0.15, 0.2) is 0 Å². The summed E-state index contributed by atoms with van der Waals surface area (Å²) in [4.78, 5) is 26.4. The summed E-state index contributed by atoms with van der Waals surface area (Å²) < 4.78 is 5.25. The Hall–Kier alpha value is -2.50. The number of amides is 2. The van der Waals surface area contributed by atoms with E-state index in [1.807, 2.05) is 25.1 Å². The minimum Gasteiger partial charge on any atom is -0.497 e. The molecule has 0 aliphatic carbocycles. The van der Waals surface area contributed by atoms with Gasteiger partial charge < -0.3 is 20.4 Å². The van der Waals surface area contributed by atoms with E-state index >= 15 is 0 Å². The number of fused-ring (bicyclic) bond motifs is 1. The zero-order valence-corrected chi connectivity index (χ0v) is 13.1. The van der Waals surface area contributed by atoms with Crippen LogP contribution in [0.4, 0.5) is 0 Å². The molecule has 2 aromatic rings. The molecule has 1 heterocycles. The van der Waals surface area contributed by atoms with Crippen LogP contribution in [0.5, 0.6) is 5.75 Å². The molecule has 6 nitrogen and oxygen atoms in total. The number of hydrogen-bond donors (Lipinski definition) is 3. The number of benzene rings is 1. The molecule has 0 saturated carbocycles. The summed E-state index contributed by atoms with van der Waals surface area (Å²) in [5.74, 6) is 0.502. The molecule has 0 radical (unpaired) electrons. The molecule has 118 valence electrons. The van der Waals surface area contributed by atoms with Gasteiger partial charge in [-0.25, -0.2) is 0 Å². The Labute approximate surface area is 129 Å². The van der Waals surface area contributed by atoms with E-state index in [2.05, 4.69) is 15.6 Å². The van der Waals surface area contributed by atoms with Gasteiger partial charge in [0.05, 0.1) is 7.11 Å². The molecule has 2 rings (SSSR count). The van der Waals surface area contributed by atoms with E-state index in [1.54, 1.807) is 7.11 Å². The van der Waals surface area contributed by atoms with Crippen molar-refractivity contribution in [3.63, 3.8) is 0 Å². The van der Waals surface area contributed by atoms with Gasteiger partial charge in [-0.05, 0) is 37.1 Å². The Kier molecular flexibility index (Phi) is 5.04. The van der Waals surface area contributed by atoms with Crippen molar-refractivity contribution >= 4 is 22.7 Å². The highest BCUT2D eigenvalue weighted by Gasteiger charge is 2.17. The van der Waals surface area contributed by atoms with Gasteiger partial charge in [0.1, 0.15) is 11.4 Å².